The van der Waals surface area contributed by atoms with Crippen molar-refractivity contribution in [2.24, 2.45) is 0 Å². The summed E-state index contributed by atoms with van der Waals surface area (Å²) in [6.07, 6.45) is 4.52. The highest BCUT2D eigenvalue weighted by Gasteiger charge is 2.30. The SMILES string of the molecule is CCOC(=O)C(C)(C)Sc1ccc(Cc2cccnc2)cc1. The molecule has 0 bridgehead atoms. The molecular formula is C18H21NO2S. The Kier molecular flexibility index (Phi) is 5.61. The van der Waals surface area contributed by atoms with Crippen LogP contribution in [0.5, 0.6) is 0 Å². The van der Waals surface area contributed by atoms with Crippen LogP contribution in [0.2, 0.25) is 0 Å². The first kappa shape index (κ1) is 16.6. The van der Waals surface area contributed by atoms with Crippen molar-refractivity contribution >= 4 is 17.7 Å². The van der Waals surface area contributed by atoms with Crippen molar-refractivity contribution < 1.29 is 9.53 Å². The molecule has 0 saturated heterocycles. The molecule has 0 aliphatic rings. The molecule has 1 aromatic carbocycles. The van der Waals surface area contributed by atoms with Gasteiger partial charge in [-0.2, -0.15) is 0 Å². The quantitative estimate of drug-likeness (QED) is 0.594. The van der Waals surface area contributed by atoms with E-state index in [1.165, 1.54) is 22.9 Å². The van der Waals surface area contributed by atoms with E-state index >= 15 is 0 Å². The molecule has 3 nitrogen and oxygen atoms in total. The Balaban J connectivity index is 2.01. The molecular weight excluding hydrogens is 294 g/mol. The van der Waals surface area contributed by atoms with Gasteiger partial charge in [-0.25, -0.2) is 0 Å². The maximum absolute atomic E-state index is 11.9. The standard InChI is InChI=1S/C18H21NO2S/c1-4-21-17(20)18(2,3)22-16-9-7-14(8-10-16)12-15-6-5-11-19-13-15/h5-11,13H,4,12H2,1-3H3. The van der Waals surface area contributed by atoms with E-state index in [0.29, 0.717) is 6.61 Å². The molecule has 0 aliphatic heterocycles. The van der Waals surface area contributed by atoms with Crippen LogP contribution >= 0.6 is 11.8 Å². The molecule has 1 heterocycles. The number of hydrogen-bond acceptors (Lipinski definition) is 4. The van der Waals surface area contributed by atoms with Gasteiger partial charge in [-0.05, 0) is 56.5 Å². The molecule has 0 aliphatic carbocycles. The van der Waals surface area contributed by atoms with Crippen molar-refractivity contribution in [1.29, 1.82) is 0 Å². The number of pyridine rings is 1. The molecule has 0 amide bonds. The Morgan fingerprint density at radius 1 is 1.18 bits per heavy atom. The van der Waals surface area contributed by atoms with Gasteiger partial charge in [0.1, 0.15) is 4.75 Å². The van der Waals surface area contributed by atoms with Crippen molar-refractivity contribution in [1.82, 2.24) is 4.98 Å². The zero-order chi connectivity index (χ0) is 16.0. The highest BCUT2D eigenvalue weighted by Crippen LogP contribution is 2.33. The van der Waals surface area contributed by atoms with Crippen molar-refractivity contribution in [2.75, 3.05) is 6.61 Å². The summed E-state index contributed by atoms with van der Waals surface area (Å²) < 4.78 is 4.53. The Morgan fingerprint density at radius 2 is 1.91 bits per heavy atom. The van der Waals surface area contributed by atoms with E-state index in [1.54, 1.807) is 6.20 Å². The minimum absolute atomic E-state index is 0.181. The third-order valence-electron chi connectivity index (χ3n) is 3.19. The normalized spacial score (nSPS) is 11.2. The van der Waals surface area contributed by atoms with Gasteiger partial charge in [-0.3, -0.25) is 9.78 Å². The molecule has 0 N–H and O–H groups in total. The second-order valence-electron chi connectivity index (χ2n) is 5.51. The molecule has 0 spiro atoms. The van der Waals surface area contributed by atoms with E-state index in [4.69, 9.17) is 4.74 Å². The lowest BCUT2D eigenvalue weighted by Crippen LogP contribution is -2.29. The maximum atomic E-state index is 11.9. The Labute approximate surface area is 136 Å². The number of thioether (sulfide) groups is 1. The van der Waals surface area contributed by atoms with Gasteiger partial charge in [-0.15, -0.1) is 11.8 Å². The van der Waals surface area contributed by atoms with E-state index < -0.39 is 4.75 Å². The summed E-state index contributed by atoms with van der Waals surface area (Å²) in [5.74, 6) is -0.181. The third kappa shape index (κ3) is 4.60. The minimum atomic E-state index is -0.582. The summed E-state index contributed by atoms with van der Waals surface area (Å²) in [5, 5.41) is 0. The van der Waals surface area contributed by atoms with E-state index in [-0.39, 0.29) is 5.97 Å². The fourth-order valence-corrected chi connectivity index (χ4v) is 3.06. The van der Waals surface area contributed by atoms with Crippen LogP contribution in [0.4, 0.5) is 0 Å². The fourth-order valence-electron chi connectivity index (χ4n) is 2.05. The summed E-state index contributed by atoms with van der Waals surface area (Å²) in [6.45, 7) is 6.01. The summed E-state index contributed by atoms with van der Waals surface area (Å²) in [6, 6.07) is 12.3. The minimum Gasteiger partial charge on any atom is -0.465 e. The number of rotatable bonds is 6. The van der Waals surface area contributed by atoms with E-state index in [1.807, 2.05) is 33.0 Å². The number of carbonyl (C=O) groups is 1. The molecule has 4 heteroatoms. The maximum Gasteiger partial charge on any atom is 0.321 e. The lowest BCUT2D eigenvalue weighted by atomic mass is 10.1. The van der Waals surface area contributed by atoms with E-state index in [2.05, 4.69) is 35.3 Å². The molecule has 0 fully saturated rings. The van der Waals surface area contributed by atoms with Crippen LogP contribution in [0.3, 0.4) is 0 Å². The lowest BCUT2D eigenvalue weighted by Gasteiger charge is -2.21. The fraction of sp³-hybridized carbons (Fsp3) is 0.333. The highest BCUT2D eigenvalue weighted by molar-refractivity contribution is 8.01. The number of benzene rings is 1. The third-order valence-corrected chi connectivity index (χ3v) is 4.38. The first-order valence-electron chi connectivity index (χ1n) is 7.35. The Bertz CT molecular complexity index is 609. The van der Waals surface area contributed by atoms with Gasteiger partial charge in [-0.1, -0.05) is 18.2 Å². The van der Waals surface area contributed by atoms with Crippen LogP contribution in [-0.2, 0) is 16.0 Å². The summed E-state index contributed by atoms with van der Waals surface area (Å²) in [4.78, 5) is 17.1. The smallest absolute Gasteiger partial charge is 0.321 e. The van der Waals surface area contributed by atoms with Crippen molar-refractivity contribution in [3.05, 3.63) is 59.9 Å². The van der Waals surface area contributed by atoms with Crippen LogP contribution in [0.1, 0.15) is 31.9 Å². The zero-order valence-electron chi connectivity index (χ0n) is 13.2. The number of hydrogen-bond donors (Lipinski definition) is 0. The largest absolute Gasteiger partial charge is 0.465 e. The molecule has 0 unspecified atom stereocenters. The predicted octanol–water partition coefficient (Wildman–Crippen LogP) is 4.11. The van der Waals surface area contributed by atoms with Gasteiger partial charge < -0.3 is 4.74 Å². The summed E-state index contributed by atoms with van der Waals surface area (Å²) >= 11 is 1.52. The van der Waals surface area contributed by atoms with Gasteiger partial charge >= 0.3 is 5.97 Å². The summed E-state index contributed by atoms with van der Waals surface area (Å²) in [7, 11) is 0. The molecule has 0 saturated carbocycles. The molecule has 1 aromatic heterocycles. The molecule has 116 valence electrons. The van der Waals surface area contributed by atoms with Gasteiger partial charge in [0.2, 0.25) is 0 Å². The summed E-state index contributed by atoms with van der Waals surface area (Å²) in [5.41, 5.74) is 2.42. The van der Waals surface area contributed by atoms with Crippen LogP contribution in [0, 0.1) is 0 Å². The molecule has 2 aromatic rings. The second kappa shape index (κ2) is 7.45. The van der Waals surface area contributed by atoms with Crippen molar-refractivity contribution in [2.45, 2.75) is 36.8 Å². The molecule has 22 heavy (non-hydrogen) atoms. The first-order valence-corrected chi connectivity index (χ1v) is 8.17. The number of ether oxygens (including phenoxy) is 1. The number of carbonyl (C=O) groups excluding carboxylic acids is 1. The molecule has 0 atom stereocenters. The number of esters is 1. The Morgan fingerprint density at radius 3 is 2.50 bits per heavy atom. The lowest BCUT2D eigenvalue weighted by molar-refractivity contribution is -0.145. The zero-order valence-corrected chi connectivity index (χ0v) is 14.0. The van der Waals surface area contributed by atoms with E-state index in [0.717, 1.165) is 11.3 Å². The Hall–Kier alpha value is -1.81. The highest BCUT2D eigenvalue weighted by atomic mass is 32.2. The topological polar surface area (TPSA) is 39.2 Å². The monoisotopic (exact) mass is 315 g/mol. The van der Waals surface area contributed by atoms with Crippen LogP contribution < -0.4 is 0 Å². The second-order valence-corrected chi connectivity index (χ2v) is 7.21. The average molecular weight is 315 g/mol. The van der Waals surface area contributed by atoms with Crippen molar-refractivity contribution in [3.8, 4) is 0 Å². The van der Waals surface area contributed by atoms with Gasteiger partial charge in [0, 0.05) is 17.3 Å². The first-order chi connectivity index (χ1) is 10.5. The van der Waals surface area contributed by atoms with Gasteiger partial charge in [0.05, 0.1) is 6.61 Å². The van der Waals surface area contributed by atoms with Crippen LogP contribution in [0.25, 0.3) is 0 Å². The van der Waals surface area contributed by atoms with Crippen LogP contribution in [-0.4, -0.2) is 22.3 Å². The van der Waals surface area contributed by atoms with Crippen LogP contribution in [0.15, 0.2) is 53.7 Å². The van der Waals surface area contributed by atoms with E-state index in [9.17, 15) is 4.79 Å². The molecule has 2 rings (SSSR count). The number of nitrogens with zero attached hydrogens (tertiary/aromatic N) is 1. The predicted molar refractivity (Wildman–Crippen MR) is 90.1 cm³/mol. The molecule has 0 radical (unpaired) electrons. The van der Waals surface area contributed by atoms with Gasteiger partial charge in [0.25, 0.3) is 0 Å². The van der Waals surface area contributed by atoms with Crippen molar-refractivity contribution in [3.63, 3.8) is 0 Å². The number of aromatic nitrogens is 1. The average Bonchev–Trinajstić information content (AvgIpc) is 2.50. The van der Waals surface area contributed by atoms with Gasteiger partial charge in [0.15, 0.2) is 0 Å².